The van der Waals surface area contributed by atoms with Crippen LogP contribution in [0.2, 0.25) is 5.15 Å². The number of carbonyl (C=O) groups excluding carboxylic acids is 1. The Morgan fingerprint density at radius 1 is 1.53 bits per heavy atom. The summed E-state index contributed by atoms with van der Waals surface area (Å²) < 4.78 is 37.9. The van der Waals surface area contributed by atoms with Gasteiger partial charge in [-0.2, -0.15) is 13.2 Å². The average molecular weight is 295 g/mol. The van der Waals surface area contributed by atoms with Crippen molar-refractivity contribution in [2.24, 2.45) is 0 Å². The van der Waals surface area contributed by atoms with Crippen LogP contribution in [-0.4, -0.2) is 45.8 Å². The maximum atomic E-state index is 12.6. The van der Waals surface area contributed by atoms with Gasteiger partial charge in [0.15, 0.2) is 5.60 Å². The largest absolute Gasteiger partial charge is 0.419 e. The summed E-state index contributed by atoms with van der Waals surface area (Å²) in [5.74, 6) is -0.607. The molecule has 0 radical (unpaired) electrons. The second kappa shape index (κ2) is 4.64. The van der Waals surface area contributed by atoms with E-state index in [2.05, 4.69) is 4.98 Å². The highest BCUT2D eigenvalue weighted by atomic mass is 35.5. The van der Waals surface area contributed by atoms with Crippen molar-refractivity contribution in [3.8, 4) is 0 Å². The normalized spacial score (nSPS) is 23.7. The van der Waals surface area contributed by atoms with Crippen molar-refractivity contribution in [1.29, 1.82) is 0 Å². The molecule has 2 heterocycles. The van der Waals surface area contributed by atoms with Gasteiger partial charge in [-0.15, -0.1) is 0 Å². The molecule has 0 saturated carbocycles. The molecule has 1 aliphatic heterocycles. The minimum atomic E-state index is -4.75. The second-order valence-electron chi connectivity index (χ2n) is 4.37. The third kappa shape index (κ3) is 2.66. The van der Waals surface area contributed by atoms with E-state index in [1.807, 2.05) is 0 Å². The van der Waals surface area contributed by atoms with Crippen molar-refractivity contribution in [1.82, 2.24) is 9.88 Å². The molecule has 8 heteroatoms. The van der Waals surface area contributed by atoms with Crippen LogP contribution in [0, 0.1) is 0 Å². The van der Waals surface area contributed by atoms with E-state index in [9.17, 15) is 23.1 Å². The summed E-state index contributed by atoms with van der Waals surface area (Å²) in [4.78, 5) is 16.6. The van der Waals surface area contributed by atoms with Gasteiger partial charge in [0.25, 0.3) is 5.91 Å². The summed E-state index contributed by atoms with van der Waals surface area (Å²) >= 11 is 5.61. The molecule has 0 aliphatic carbocycles. The van der Waals surface area contributed by atoms with Crippen LogP contribution in [0.25, 0.3) is 0 Å². The number of halogens is 4. The summed E-state index contributed by atoms with van der Waals surface area (Å²) in [6.07, 6.45) is -3.99. The van der Waals surface area contributed by atoms with Crippen molar-refractivity contribution in [2.75, 3.05) is 13.1 Å². The maximum absolute atomic E-state index is 12.6. The minimum absolute atomic E-state index is 0.0798. The standard InChI is InChI=1S/C11H10ClF3N2O2/c12-8-5-7(1-3-16-8)9(18)17-4-2-10(19,6-17)11(13,14)15/h1,3,5,19H,2,4,6H2/t10-/m0/s1. The van der Waals surface area contributed by atoms with Gasteiger partial charge in [-0.25, -0.2) is 4.98 Å². The highest BCUT2D eigenvalue weighted by Gasteiger charge is 2.57. The Kier molecular flexibility index (Phi) is 3.44. The van der Waals surface area contributed by atoms with Gasteiger partial charge in [0.05, 0.1) is 6.54 Å². The van der Waals surface area contributed by atoms with E-state index in [0.717, 1.165) is 4.90 Å². The first kappa shape index (κ1) is 14.1. The number of nitrogens with zero attached hydrogens (tertiary/aromatic N) is 2. The highest BCUT2D eigenvalue weighted by Crippen LogP contribution is 2.37. The fourth-order valence-corrected chi connectivity index (χ4v) is 2.09. The Hall–Kier alpha value is -1.34. The molecule has 19 heavy (non-hydrogen) atoms. The molecule has 1 aromatic rings. The van der Waals surface area contributed by atoms with E-state index < -0.39 is 30.7 Å². The Labute approximate surface area is 111 Å². The summed E-state index contributed by atoms with van der Waals surface area (Å²) in [6, 6.07) is 2.63. The van der Waals surface area contributed by atoms with E-state index in [-0.39, 0.29) is 17.3 Å². The molecule has 1 atom stereocenters. The Bertz CT molecular complexity index is 509. The molecule has 0 unspecified atom stereocenters. The third-order valence-corrected chi connectivity index (χ3v) is 3.24. The number of amides is 1. The molecule has 1 fully saturated rings. The third-order valence-electron chi connectivity index (χ3n) is 3.04. The lowest BCUT2D eigenvalue weighted by atomic mass is 10.0. The van der Waals surface area contributed by atoms with Crippen LogP contribution in [-0.2, 0) is 0 Å². The van der Waals surface area contributed by atoms with E-state index in [4.69, 9.17) is 11.6 Å². The molecule has 1 amide bonds. The molecule has 1 N–H and O–H groups in total. The van der Waals surface area contributed by atoms with Gasteiger partial charge in [0.1, 0.15) is 5.15 Å². The van der Waals surface area contributed by atoms with E-state index in [1.165, 1.54) is 18.3 Å². The number of rotatable bonds is 1. The molecule has 1 aliphatic rings. The fraction of sp³-hybridized carbons (Fsp3) is 0.455. The predicted octanol–water partition coefficient (Wildman–Crippen LogP) is 1.87. The van der Waals surface area contributed by atoms with Crippen LogP contribution in [0.3, 0.4) is 0 Å². The second-order valence-corrected chi connectivity index (χ2v) is 4.76. The molecule has 1 aromatic heterocycles. The zero-order valence-corrected chi connectivity index (χ0v) is 10.4. The van der Waals surface area contributed by atoms with Crippen LogP contribution in [0.5, 0.6) is 0 Å². The molecule has 104 valence electrons. The zero-order valence-electron chi connectivity index (χ0n) is 9.62. The molecule has 4 nitrogen and oxygen atoms in total. The highest BCUT2D eigenvalue weighted by molar-refractivity contribution is 6.29. The lowest BCUT2D eigenvalue weighted by molar-refractivity contribution is -0.253. The number of hydrogen-bond donors (Lipinski definition) is 1. The SMILES string of the molecule is O=C(c1ccnc(Cl)c1)N1CC[C@@](O)(C(F)(F)F)C1. The van der Waals surface area contributed by atoms with Crippen LogP contribution in [0.15, 0.2) is 18.3 Å². The van der Waals surface area contributed by atoms with Crippen molar-refractivity contribution in [2.45, 2.75) is 18.2 Å². The smallest absolute Gasteiger partial charge is 0.379 e. The Balaban J connectivity index is 2.16. The van der Waals surface area contributed by atoms with Crippen molar-refractivity contribution in [3.05, 3.63) is 29.0 Å². The minimum Gasteiger partial charge on any atom is -0.379 e. The van der Waals surface area contributed by atoms with Gasteiger partial charge in [-0.3, -0.25) is 4.79 Å². The first-order valence-corrected chi connectivity index (χ1v) is 5.81. The van der Waals surface area contributed by atoms with Gasteiger partial charge < -0.3 is 10.0 Å². The maximum Gasteiger partial charge on any atom is 0.419 e. The number of aromatic nitrogens is 1. The quantitative estimate of drug-likeness (QED) is 0.805. The van der Waals surface area contributed by atoms with Crippen LogP contribution in [0.4, 0.5) is 13.2 Å². The lowest BCUT2D eigenvalue weighted by Crippen LogP contribution is -2.48. The topological polar surface area (TPSA) is 53.4 Å². The summed E-state index contributed by atoms with van der Waals surface area (Å²) in [5, 5.41) is 9.57. The van der Waals surface area contributed by atoms with Crippen molar-refractivity contribution >= 4 is 17.5 Å². The monoisotopic (exact) mass is 294 g/mol. The summed E-state index contributed by atoms with van der Waals surface area (Å²) in [7, 11) is 0. The lowest BCUT2D eigenvalue weighted by Gasteiger charge is -2.25. The molecular formula is C11H10ClF3N2O2. The molecule has 0 aromatic carbocycles. The molecule has 1 saturated heterocycles. The van der Waals surface area contributed by atoms with E-state index in [1.54, 1.807) is 0 Å². The Morgan fingerprint density at radius 2 is 2.21 bits per heavy atom. The molecule has 2 rings (SSSR count). The number of alkyl halides is 3. The number of pyridine rings is 1. The number of aliphatic hydroxyl groups is 1. The van der Waals surface area contributed by atoms with Gasteiger partial charge >= 0.3 is 6.18 Å². The van der Waals surface area contributed by atoms with Crippen molar-refractivity contribution < 1.29 is 23.1 Å². The number of likely N-dealkylation sites (tertiary alicyclic amines) is 1. The van der Waals surface area contributed by atoms with Gasteiger partial charge in [0, 0.05) is 24.7 Å². The zero-order chi connectivity index (χ0) is 14.3. The molecule has 0 bridgehead atoms. The fourth-order valence-electron chi connectivity index (χ4n) is 1.92. The van der Waals surface area contributed by atoms with E-state index in [0.29, 0.717) is 0 Å². The summed E-state index contributed by atoms with van der Waals surface area (Å²) in [5.41, 5.74) is -2.69. The van der Waals surface area contributed by atoms with Crippen LogP contribution >= 0.6 is 11.6 Å². The average Bonchev–Trinajstić information content (AvgIpc) is 2.72. The van der Waals surface area contributed by atoms with Gasteiger partial charge in [0.2, 0.25) is 0 Å². The van der Waals surface area contributed by atoms with Crippen molar-refractivity contribution in [3.63, 3.8) is 0 Å². The first-order valence-electron chi connectivity index (χ1n) is 5.43. The summed E-state index contributed by atoms with van der Waals surface area (Å²) in [6.45, 7) is -0.927. The predicted molar refractivity (Wildman–Crippen MR) is 60.8 cm³/mol. The first-order chi connectivity index (χ1) is 8.73. The number of hydrogen-bond acceptors (Lipinski definition) is 3. The van der Waals surface area contributed by atoms with Gasteiger partial charge in [-0.1, -0.05) is 11.6 Å². The number of β-amino-alcohol motifs (C(OH)–C–C–N with tert-alkyl or cyclic N) is 1. The van der Waals surface area contributed by atoms with Crippen LogP contribution < -0.4 is 0 Å². The van der Waals surface area contributed by atoms with Crippen LogP contribution in [0.1, 0.15) is 16.8 Å². The molecular weight excluding hydrogens is 285 g/mol. The van der Waals surface area contributed by atoms with Gasteiger partial charge in [-0.05, 0) is 12.1 Å². The Morgan fingerprint density at radius 3 is 2.74 bits per heavy atom. The van der Waals surface area contributed by atoms with E-state index >= 15 is 0 Å². The number of carbonyl (C=O) groups is 1. The molecule has 0 spiro atoms.